The number of ether oxygens (including phenoxy) is 2. The number of hydrogen-bond donors (Lipinski definition) is 4. The molecule has 6 heteroatoms. The zero-order valence-corrected chi connectivity index (χ0v) is 17.7. The topological polar surface area (TPSA) is 118 Å². The Hall–Kier alpha value is -2.60. The fourth-order valence-electron chi connectivity index (χ4n) is 2.79. The Morgan fingerprint density at radius 3 is 2.38 bits per heavy atom. The number of nitrogens with two attached hydrogens (primary N) is 2. The standard InChI is InChI=1S/C21H30N4O2.C2H6/c22-20(23)17-5-4-6-19(12-11-17)27-14-3-1-2-13-26-15-16-7-9-18(10-8-16)21(24)25;1-2/h6-12,17H,1-5,13-15H2,(H3,22,23)(H3,24,25);1-2H3. The highest BCUT2D eigenvalue weighted by atomic mass is 16.5. The third kappa shape index (κ3) is 9.94. The van der Waals surface area contributed by atoms with E-state index in [4.69, 9.17) is 31.8 Å². The molecule has 0 saturated heterocycles. The minimum atomic E-state index is 0.0261. The van der Waals surface area contributed by atoms with Crippen molar-refractivity contribution in [3.63, 3.8) is 0 Å². The van der Waals surface area contributed by atoms with E-state index in [0.29, 0.717) is 13.2 Å². The van der Waals surface area contributed by atoms with Crippen molar-refractivity contribution < 1.29 is 9.47 Å². The lowest BCUT2D eigenvalue weighted by Gasteiger charge is -2.08. The Morgan fingerprint density at radius 2 is 1.72 bits per heavy atom. The summed E-state index contributed by atoms with van der Waals surface area (Å²) in [5.74, 6) is 1.20. The summed E-state index contributed by atoms with van der Waals surface area (Å²) in [5.41, 5.74) is 12.8. The molecule has 29 heavy (non-hydrogen) atoms. The van der Waals surface area contributed by atoms with Crippen LogP contribution in [0.3, 0.4) is 0 Å². The van der Waals surface area contributed by atoms with E-state index in [1.165, 1.54) is 0 Å². The normalized spacial score (nSPS) is 15.5. The Labute approximate surface area is 175 Å². The molecule has 0 radical (unpaired) electrons. The Balaban J connectivity index is 0.00000204. The third-order valence-electron chi connectivity index (χ3n) is 4.45. The average molecular weight is 401 g/mol. The molecule has 6 nitrogen and oxygen atoms in total. The van der Waals surface area contributed by atoms with Gasteiger partial charge in [-0.2, -0.15) is 0 Å². The molecule has 160 valence electrons. The molecule has 0 saturated carbocycles. The number of nitrogen functional groups attached to an aromatic ring is 1. The summed E-state index contributed by atoms with van der Waals surface area (Å²) in [6.45, 7) is 5.98. The summed E-state index contributed by atoms with van der Waals surface area (Å²) in [7, 11) is 0. The van der Waals surface area contributed by atoms with Crippen LogP contribution in [0.1, 0.15) is 57.1 Å². The van der Waals surface area contributed by atoms with E-state index in [0.717, 1.165) is 55.6 Å². The van der Waals surface area contributed by atoms with Crippen LogP contribution in [0.4, 0.5) is 0 Å². The van der Waals surface area contributed by atoms with E-state index in [1.807, 2.05) is 50.3 Å². The summed E-state index contributed by atoms with van der Waals surface area (Å²) in [5, 5.41) is 14.9. The van der Waals surface area contributed by atoms with Crippen LogP contribution in [0.25, 0.3) is 0 Å². The van der Waals surface area contributed by atoms with Crippen LogP contribution in [0.2, 0.25) is 0 Å². The molecule has 1 aliphatic carbocycles. The molecule has 0 amide bonds. The second-order valence-electron chi connectivity index (χ2n) is 6.68. The maximum Gasteiger partial charge on any atom is 0.122 e. The lowest BCUT2D eigenvalue weighted by Crippen LogP contribution is -2.20. The second kappa shape index (κ2) is 14.4. The minimum absolute atomic E-state index is 0.0261. The highest BCUT2D eigenvalue weighted by Crippen LogP contribution is 2.17. The molecule has 1 unspecified atom stereocenters. The van der Waals surface area contributed by atoms with Gasteiger partial charge in [-0.15, -0.1) is 0 Å². The predicted octanol–water partition coefficient (Wildman–Crippen LogP) is 4.49. The SMILES string of the molecule is CC.N=C(N)c1ccc(COCCCCCOC2=CCCC(C(=N)N)C=C2)cc1. The monoisotopic (exact) mass is 400 g/mol. The molecule has 0 spiro atoms. The third-order valence-corrected chi connectivity index (χ3v) is 4.45. The van der Waals surface area contributed by atoms with Crippen LogP contribution in [-0.2, 0) is 16.1 Å². The molecule has 0 aliphatic heterocycles. The van der Waals surface area contributed by atoms with E-state index in [-0.39, 0.29) is 17.6 Å². The van der Waals surface area contributed by atoms with Crippen LogP contribution < -0.4 is 11.5 Å². The molecule has 6 N–H and O–H groups in total. The van der Waals surface area contributed by atoms with E-state index < -0.39 is 0 Å². The van der Waals surface area contributed by atoms with E-state index in [2.05, 4.69) is 6.08 Å². The van der Waals surface area contributed by atoms with Crippen molar-refractivity contribution in [1.82, 2.24) is 0 Å². The summed E-state index contributed by atoms with van der Waals surface area (Å²) in [6.07, 6.45) is 10.7. The van der Waals surface area contributed by atoms with Crippen molar-refractivity contribution in [2.24, 2.45) is 17.4 Å². The van der Waals surface area contributed by atoms with Crippen molar-refractivity contribution in [2.45, 2.75) is 52.6 Å². The fourth-order valence-corrected chi connectivity index (χ4v) is 2.79. The zero-order valence-electron chi connectivity index (χ0n) is 17.7. The molecule has 0 aromatic heterocycles. The van der Waals surface area contributed by atoms with Gasteiger partial charge in [-0.25, -0.2) is 0 Å². The second-order valence-corrected chi connectivity index (χ2v) is 6.68. The highest BCUT2D eigenvalue weighted by Gasteiger charge is 2.10. The average Bonchev–Trinajstić information content (AvgIpc) is 2.97. The molecule has 1 atom stereocenters. The molecule has 0 fully saturated rings. The van der Waals surface area contributed by atoms with Gasteiger partial charge in [0.1, 0.15) is 11.6 Å². The molecular formula is C23H36N4O2. The number of unbranched alkanes of at least 4 members (excludes halogenated alkanes) is 2. The maximum absolute atomic E-state index is 7.52. The summed E-state index contributed by atoms with van der Waals surface area (Å²) < 4.78 is 11.5. The molecule has 1 aromatic carbocycles. The van der Waals surface area contributed by atoms with Gasteiger partial charge < -0.3 is 20.9 Å². The van der Waals surface area contributed by atoms with E-state index in [1.54, 1.807) is 0 Å². The molecule has 1 aromatic rings. The molecule has 0 bridgehead atoms. The molecule has 0 heterocycles. The molecule has 2 rings (SSSR count). The number of nitrogens with one attached hydrogen (secondary N) is 2. The van der Waals surface area contributed by atoms with Gasteiger partial charge in [0, 0.05) is 18.1 Å². The van der Waals surface area contributed by atoms with E-state index >= 15 is 0 Å². The quantitative estimate of drug-likeness (QED) is 0.249. The number of rotatable bonds is 11. The van der Waals surface area contributed by atoms with Gasteiger partial charge in [-0.3, -0.25) is 10.8 Å². The maximum atomic E-state index is 7.52. The zero-order chi connectivity index (χ0) is 21.5. The first-order valence-electron chi connectivity index (χ1n) is 10.4. The molecule has 1 aliphatic rings. The molecular weight excluding hydrogens is 364 g/mol. The number of allylic oxidation sites excluding steroid dienone is 2. The van der Waals surface area contributed by atoms with Gasteiger partial charge in [0.25, 0.3) is 0 Å². The van der Waals surface area contributed by atoms with Crippen LogP contribution in [0, 0.1) is 16.7 Å². The summed E-state index contributed by atoms with van der Waals surface area (Å²) in [6, 6.07) is 7.56. The van der Waals surface area contributed by atoms with E-state index in [9.17, 15) is 0 Å². The van der Waals surface area contributed by atoms with Crippen molar-refractivity contribution in [3.05, 3.63) is 59.4 Å². The summed E-state index contributed by atoms with van der Waals surface area (Å²) >= 11 is 0. The fraction of sp³-hybridized carbons (Fsp3) is 0.478. The lowest BCUT2D eigenvalue weighted by molar-refractivity contribution is 0.114. The predicted molar refractivity (Wildman–Crippen MR) is 120 cm³/mol. The Bertz CT molecular complexity index is 681. The largest absolute Gasteiger partial charge is 0.494 e. The first-order chi connectivity index (χ1) is 14.1. The van der Waals surface area contributed by atoms with Gasteiger partial charge in [0.15, 0.2) is 0 Å². The first-order valence-corrected chi connectivity index (χ1v) is 10.4. The van der Waals surface area contributed by atoms with Crippen LogP contribution >= 0.6 is 0 Å². The van der Waals surface area contributed by atoms with Crippen LogP contribution in [0.15, 0.2) is 48.3 Å². The van der Waals surface area contributed by atoms with Crippen LogP contribution in [0.5, 0.6) is 0 Å². The van der Waals surface area contributed by atoms with Gasteiger partial charge in [0.2, 0.25) is 0 Å². The van der Waals surface area contributed by atoms with Gasteiger partial charge in [-0.1, -0.05) is 44.2 Å². The van der Waals surface area contributed by atoms with Crippen molar-refractivity contribution in [1.29, 1.82) is 10.8 Å². The highest BCUT2D eigenvalue weighted by molar-refractivity contribution is 5.94. The number of hydrogen-bond acceptors (Lipinski definition) is 4. The Kier molecular flexibility index (Phi) is 12.1. The summed E-state index contributed by atoms with van der Waals surface area (Å²) in [4.78, 5) is 0. The minimum Gasteiger partial charge on any atom is -0.494 e. The van der Waals surface area contributed by atoms with Crippen molar-refractivity contribution >= 4 is 11.7 Å². The number of benzene rings is 1. The van der Waals surface area contributed by atoms with Crippen molar-refractivity contribution in [3.8, 4) is 0 Å². The smallest absolute Gasteiger partial charge is 0.122 e. The van der Waals surface area contributed by atoms with Crippen molar-refractivity contribution in [2.75, 3.05) is 13.2 Å². The van der Waals surface area contributed by atoms with Gasteiger partial charge in [-0.05, 0) is 49.8 Å². The van der Waals surface area contributed by atoms with Crippen LogP contribution in [-0.4, -0.2) is 24.9 Å². The van der Waals surface area contributed by atoms with Gasteiger partial charge in [0.05, 0.1) is 19.0 Å². The Morgan fingerprint density at radius 1 is 1.03 bits per heavy atom. The number of amidine groups is 2. The lowest BCUT2D eigenvalue weighted by atomic mass is 10.0. The first kappa shape index (κ1) is 24.4. The van der Waals surface area contributed by atoms with Gasteiger partial charge >= 0.3 is 0 Å².